The molecule has 0 bridgehead atoms. The van der Waals surface area contributed by atoms with E-state index >= 15 is 0 Å². The van der Waals surface area contributed by atoms with Gasteiger partial charge in [0.05, 0.1) is 5.69 Å². The van der Waals surface area contributed by atoms with E-state index in [1.807, 2.05) is 0 Å². The van der Waals surface area contributed by atoms with Gasteiger partial charge in [-0.15, -0.1) is 0 Å². The average Bonchev–Trinajstić information content (AvgIpc) is 2.74. The van der Waals surface area contributed by atoms with Gasteiger partial charge in [-0.3, -0.25) is 9.48 Å². The number of rotatable bonds is 4. The van der Waals surface area contributed by atoms with Gasteiger partial charge in [-0.2, -0.15) is 5.10 Å². The van der Waals surface area contributed by atoms with Crippen molar-refractivity contribution in [1.82, 2.24) is 9.78 Å². The molecule has 3 nitrogen and oxygen atoms in total. The van der Waals surface area contributed by atoms with E-state index in [0.29, 0.717) is 11.7 Å². The van der Waals surface area contributed by atoms with Crippen molar-refractivity contribution < 1.29 is 4.79 Å². The first kappa shape index (κ1) is 12.3. The van der Waals surface area contributed by atoms with Crippen molar-refractivity contribution in [2.45, 2.75) is 58.9 Å². The molecule has 1 aliphatic carbocycles. The van der Waals surface area contributed by atoms with Crippen molar-refractivity contribution in [3.05, 3.63) is 17.5 Å². The second kappa shape index (κ2) is 5.48. The lowest BCUT2D eigenvalue weighted by atomic mass is 9.85. The number of carbonyl (C=O) groups excluding carboxylic acids is 1. The minimum atomic E-state index is 0.444. The van der Waals surface area contributed by atoms with Gasteiger partial charge in [-0.1, -0.05) is 6.92 Å². The number of hydrogen-bond donors (Lipinski definition) is 0. The van der Waals surface area contributed by atoms with Crippen LogP contribution in [0.2, 0.25) is 0 Å². The van der Waals surface area contributed by atoms with E-state index in [2.05, 4.69) is 29.7 Å². The van der Waals surface area contributed by atoms with Crippen LogP contribution in [0.25, 0.3) is 0 Å². The summed E-state index contributed by atoms with van der Waals surface area (Å²) >= 11 is 0. The molecule has 1 heterocycles. The number of aromatic nitrogens is 2. The second-order valence-electron chi connectivity index (χ2n) is 4.98. The first-order valence-corrected chi connectivity index (χ1v) is 6.80. The fourth-order valence-electron chi connectivity index (χ4n) is 2.63. The van der Waals surface area contributed by atoms with Gasteiger partial charge >= 0.3 is 0 Å². The van der Waals surface area contributed by atoms with E-state index in [-0.39, 0.29) is 0 Å². The van der Waals surface area contributed by atoms with Crippen molar-refractivity contribution in [1.29, 1.82) is 0 Å². The molecule has 0 N–H and O–H groups in total. The SMILES string of the molecule is CCc1cc(CC2CCC(=O)CC2)n(CC)n1. The topological polar surface area (TPSA) is 34.9 Å². The summed E-state index contributed by atoms with van der Waals surface area (Å²) in [7, 11) is 0. The molecule has 94 valence electrons. The summed E-state index contributed by atoms with van der Waals surface area (Å²) in [5.74, 6) is 1.12. The van der Waals surface area contributed by atoms with Crippen LogP contribution >= 0.6 is 0 Å². The van der Waals surface area contributed by atoms with Gasteiger partial charge in [0.2, 0.25) is 0 Å². The van der Waals surface area contributed by atoms with Crippen LogP contribution in [-0.4, -0.2) is 15.6 Å². The molecule has 1 fully saturated rings. The molecule has 0 aromatic carbocycles. The molecule has 0 amide bonds. The van der Waals surface area contributed by atoms with Gasteiger partial charge in [0.25, 0.3) is 0 Å². The van der Waals surface area contributed by atoms with Crippen LogP contribution in [0.4, 0.5) is 0 Å². The first-order valence-electron chi connectivity index (χ1n) is 6.80. The average molecular weight is 234 g/mol. The predicted octanol–water partition coefficient (Wildman–Crippen LogP) is 2.77. The summed E-state index contributed by atoms with van der Waals surface area (Å²) in [5, 5.41) is 4.58. The van der Waals surface area contributed by atoms with E-state index < -0.39 is 0 Å². The Bertz CT molecular complexity index is 385. The molecule has 17 heavy (non-hydrogen) atoms. The lowest BCUT2D eigenvalue weighted by molar-refractivity contribution is -0.121. The number of Topliss-reactive ketones (excluding diaryl/α,β-unsaturated/α-hetero) is 1. The smallest absolute Gasteiger partial charge is 0.132 e. The van der Waals surface area contributed by atoms with Crippen molar-refractivity contribution in [2.75, 3.05) is 0 Å². The predicted molar refractivity (Wildman–Crippen MR) is 67.9 cm³/mol. The van der Waals surface area contributed by atoms with E-state index in [9.17, 15) is 4.79 Å². The lowest BCUT2D eigenvalue weighted by Gasteiger charge is -2.20. The largest absolute Gasteiger partial charge is 0.300 e. The van der Waals surface area contributed by atoms with E-state index in [4.69, 9.17) is 0 Å². The summed E-state index contributed by atoms with van der Waals surface area (Å²) in [6.07, 6.45) is 5.79. The summed E-state index contributed by atoms with van der Waals surface area (Å²) < 4.78 is 2.12. The number of nitrogens with zero attached hydrogens (tertiary/aromatic N) is 2. The molecule has 0 saturated heterocycles. The Morgan fingerprint density at radius 3 is 2.65 bits per heavy atom. The zero-order valence-corrected chi connectivity index (χ0v) is 10.9. The Labute approximate surface area is 103 Å². The van der Waals surface area contributed by atoms with Crippen LogP contribution in [0.1, 0.15) is 50.9 Å². The fraction of sp³-hybridized carbons (Fsp3) is 0.714. The second-order valence-corrected chi connectivity index (χ2v) is 4.98. The van der Waals surface area contributed by atoms with Gasteiger partial charge < -0.3 is 0 Å². The summed E-state index contributed by atoms with van der Waals surface area (Å²) in [5.41, 5.74) is 2.54. The van der Waals surface area contributed by atoms with Gasteiger partial charge in [0.15, 0.2) is 0 Å². The van der Waals surface area contributed by atoms with Crippen LogP contribution in [0.5, 0.6) is 0 Å². The zero-order chi connectivity index (χ0) is 12.3. The Kier molecular flexibility index (Phi) is 3.97. The Morgan fingerprint density at radius 1 is 1.35 bits per heavy atom. The third kappa shape index (κ3) is 2.96. The maximum Gasteiger partial charge on any atom is 0.132 e. The number of aryl methyl sites for hydroxylation is 2. The highest BCUT2D eigenvalue weighted by atomic mass is 16.1. The molecular formula is C14H22N2O. The first-order chi connectivity index (χ1) is 8.22. The standard InChI is InChI=1S/C14H22N2O/c1-3-12-10-13(16(4-2)15-12)9-11-5-7-14(17)8-6-11/h10-11H,3-9H2,1-2H3. The highest BCUT2D eigenvalue weighted by Crippen LogP contribution is 2.25. The molecule has 2 rings (SSSR count). The van der Waals surface area contributed by atoms with Crippen LogP contribution < -0.4 is 0 Å². The molecule has 0 aliphatic heterocycles. The zero-order valence-electron chi connectivity index (χ0n) is 10.9. The fourth-order valence-corrected chi connectivity index (χ4v) is 2.63. The molecule has 0 unspecified atom stereocenters. The third-order valence-electron chi connectivity index (χ3n) is 3.74. The molecular weight excluding hydrogens is 212 g/mol. The Hall–Kier alpha value is -1.12. The molecule has 1 aromatic heterocycles. The van der Waals surface area contributed by atoms with Gasteiger partial charge in [-0.05, 0) is 44.6 Å². The third-order valence-corrected chi connectivity index (χ3v) is 3.74. The van der Waals surface area contributed by atoms with Crippen molar-refractivity contribution in [2.24, 2.45) is 5.92 Å². The Morgan fingerprint density at radius 2 is 2.06 bits per heavy atom. The normalized spacial score (nSPS) is 17.6. The van der Waals surface area contributed by atoms with E-state index in [0.717, 1.165) is 45.1 Å². The van der Waals surface area contributed by atoms with Gasteiger partial charge in [-0.25, -0.2) is 0 Å². The monoisotopic (exact) mass is 234 g/mol. The molecule has 1 saturated carbocycles. The number of carbonyl (C=O) groups is 1. The van der Waals surface area contributed by atoms with Crippen LogP contribution in [0.15, 0.2) is 6.07 Å². The maximum absolute atomic E-state index is 11.2. The van der Waals surface area contributed by atoms with Gasteiger partial charge in [0, 0.05) is 25.1 Å². The summed E-state index contributed by atoms with van der Waals surface area (Å²) in [6, 6.07) is 2.24. The molecule has 1 aromatic rings. The quantitative estimate of drug-likeness (QED) is 0.803. The highest BCUT2D eigenvalue weighted by molar-refractivity contribution is 5.79. The molecule has 1 aliphatic rings. The Balaban J connectivity index is 2.02. The highest BCUT2D eigenvalue weighted by Gasteiger charge is 2.20. The van der Waals surface area contributed by atoms with Crippen molar-refractivity contribution in [3.8, 4) is 0 Å². The molecule has 0 spiro atoms. The van der Waals surface area contributed by atoms with E-state index in [1.165, 1.54) is 11.4 Å². The minimum Gasteiger partial charge on any atom is -0.300 e. The lowest BCUT2D eigenvalue weighted by Crippen LogP contribution is -2.17. The summed E-state index contributed by atoms with van der Waals surface area (Å²) in [6.45, 7) is 5.23. The van der Waals surface area contributed by atoms with Gasteiger partial charge in [0.1, 0.15) is 5.78 Å². The number of hydrogen-bond acceptors (Lipinski definition) is 2. The summed E-state index contributed by atoms with van der Waals surface area (Å²) in [4.78, 5) is 11.2. The van der Waals surface area contributed by atoms with E-state index in [1.54, 1.807) is 0 Å². The van der Waals surface area contributed by atoms with Crippen LogP contribution in [0, 0.1) is 5.92 Å². The molecule has 3 heteroatoms. The maximum atomic E-state index is 11.2. The van der Waals surface area contributed by atoms with Crippen molar-refractivity contribution >= 4 is 5.78 Å². The molecule has 0 atom stereocenters. The number of ketones is 1. The van der Waals surface area contributed by atoms with Crippen molar-refractivity contribution in [3.63, 3.8) is 0 Å². The van der Waals surface area contributed by atoms with Crippen LogP contribution in [-0.2, 0) is 24.2 Å². The molecule has 0 radical (unpaired) electrons. The van der Waals surface area contributed by atoms with Crippen LogP contribution in [0.3, 0.4) is 0 Å². The minimum absolute atomic E-state index is 0.444.